The zero-order valence-corrected chi connectivity index (χ0v) is 15.8. The molecule has 0 aromatic heterocycles. The van der Waals surface area contributed by atoms with Gasteiger partial charge in [-0.2, -0.15) is 0 Å². The Morgan fingerprint density at radius 1 is 0.692 bits per heavy atom. The van der Waals surface area contributed by atoms with Gasteiger partial charge in [-0.25, -0.2) is 0 Å². The average molecular weight is 346 g/mol. The molecule has 134 valence electrons. The molecule has 0 saturated carbocycles. The van der Waals surface area contributed by atoms with Gasteiger partial charge in [0.1, 0.15) is 11.7 Å². The minimum absolute atomic E-state index is 0.691. The molecule has 0 bridgehead atoms. The molecule has 2 nitrogen and oxygen atoms in total. The van der Waals surface area contributed by atoms with Crippen molar-refractivity contribution < 1.29 is 10.2 Å². The summed E-state index contributed by atoms with van der Waals surface area (Å²) in [5.41, 5.74) is 4.64. The van der Waals surface area contributed by atoms with Gasteiger partial charge in [-0.15, -0.1) is 0 Å². The Hall–Kier alpha value is -2.42. The quantitative estimate of drug-likeness (QED) is 0.706. The van der Waals surface area contributed by atoms with E-state index in [-0.39, 0.29) is 0 Å². The van der Waals surface area contributed by atoms with Crippen molar-refractivity contribution in [2.75, 3.05) is 0 Å². The summed E-state index contributed by atoms with van der Waals surface area (Å²) < 4.78 is 0. The SMILES string of the molecule is Cc1ccc(C)c(C(O)(c2cc(C)ccc2C)[C@H](O)c2ccccc2)c1. The smallest absolute Gasteiger partial charge is 0.145 e. The highest BCUT2D eigenvalue weighted by atomic mass is 16.3. The predicted octanol–water partition coefficient (Wildman–Crippen LogP) is 4.89. The minimum Gasteiger partial charge on any atom is -0.385 e. The third kappa shape index (κ3) is 3.18. The molecule has 0 aliphatic heterocycles. The fourth-order valence-electron chi connectivity index (χ4n) is 3.61. The van der Waals surface area contributed by atoms with E-state index in [9.17, 15) is 10.2 Å². The molecule has 3 rings (SSSR count). The summed E-state index contributed by atoms with van der Waals surface area (Å²) in [6.45, 7) is 7.95. The van der Waals surface area contributed by atoms with Crippen LogP contribution in [0.3, 0.4) is 0 Å². The lowest BCUT2D eigenvalue weighted by molar-refractivity contribution is -0.0526. The van der Waals surface area contributed by atoms with E-state index in [1.807, 2.05) is 94.4 Å². The number of benzene rings is 3. The maximum absolute atomic E-state index is 12.0. The van der Waals surface area contributed by atoms with Crippen molar-refractivity contribution in [3.8, 4) is 0 Å². The monoisotopic (exact) mass is 346 g/mol. The van der Waals surface area contributed by atoms with Crippen LogP contribution in [-0.4, -0.2) is 10.2 Å². The summed E-state index contributed by atoms with van der Waals surface area (Å²) in [5, 5.41) is 23.4. The first-order valence-corrected chi connectivity index (χ1v) is 8.95. The second-order valence-electron chi connectivity index (χ2n) is 7.22. The maximum Gasteiger partial charge on any atom is 0.145 e. The van der Waals surface area contributed by atoms with E-state index in [0.29, 0.717) is 5.56 Å². The Morgan fingerprint density at radius 2 is 1.15 bits per heavy atom. The molecule has 3 aromatic carbocycles. The van der Waals surface area contributed by atoms with Gasteiger partial charge in [0.15, 0.2) is 0 Å². The predicted molar refractivity (Wildman–Crippen MR) is 106 cm³/mol. The molecule has 1 atom stereocenters. The van der Waals surface area contributed by atoms with Gasteiger partial charge in [-0.3, -0.25) is 0 Å². The normalized spacial score (nSPS) is 12.8. The average Bonchev–Trinajstić information content (AvgIpc) is 2.65. The van der Waals surface area contributed by atoms with Gasteiger partial charge >= 0.3 is 0 Å². The van der Waals surface area contributed by atoms with Gasteiger partial charge < -0.3 is 10.2 Å². The van der Waals surface area contributed by atoms with E-state index in [0.717, 1.165) is 33.4 Å². The fraction of sp³-hybridized carbons (Fsp3) is 0.250. The number of aryl methyl sites for hydroxylation is 4. The largest absolute Gasteiger partial charge is 0.385 e. The molecule has 0 saturated heterocycles. The summed E-state index contributed by atoms with van der Waals surface area (Å²) in [4.78, 5) is 0. The van der Waals surface area contributed by atoms with Crippen molar-refractivity contribution in [2.24, 2.45) is 0 Å². The molecule has 0 aliphatic rings. The first-order chi connectivity index (χ1) is 12.3. The van der Waals surface area contributed by atoms with Crippen LogP contribution in [-0.2, 0) is 5.60 Å². The van der Waals surface area contributed by atoms with Crippen molar-refractivity contribution in [1.29, 1.82) is 0 Å². The highest BCUT2D eigenvalue weighted by molar-refractivity contribution is 5.49. The molecule has 3 aromatic rings. The second kappa shape index (κ2) is 7.06. The van der Waals surface area contributed by atoms with Crippen LogP contribution in [0.4, 0.5) is 0 Å². The summed E-state index contributed by atoms with van der Waals surface area (Å²) in [6.07, 6.45) is -1.08. The lowest BCUT2D eigenvalue weighted by Crippen LogP contribution is -2.36. The maximum atomic E-state index is 12.0. The van der Waals surface area contributed by atoms with Gasteiger partial charge in [0.05, 0.1) is 0 Å². The second-order valence-corrected chi connectivity index (χ2v) is 7.22. The highest BCUT2D eigenvalue weighted by Crippen LogP contribution is 2.44. The lowest BCUT2D eigenvalue weighted by atomic mass is 9.75. The van der Waals surface area contributed by atoms with Gasteiger partial charge in [0.25, 0.3) is 0 Å². The molecule has 0 amide bonds. The molecule has 0 radical (unpaired) electrons. The van der Waals surface area contributed by atoms with Crippen LogP contribution in [0.2, 0.25) is 0 Å². The molecule has 2 heteroatoms. The molecular weight excluding hydrogens is 320 g/mol. The van der Waals surface area contributed by atoms with Crippen molar-refractivity contribution in [3.63, 3.8) is 0 Å². The molecule has 0 aliphatic carbocycles. The molecule has 0 spiro atoms. The summed E-state index contributed by atoms with van der Waals surface area (Å²) in [6, 6.07) is 21.4. The van der Waals surface area contributed by atoms with E-state index in [4.69, 9.17) is 0 Å². The van der Waals surface area contributed by atoms with Crippen LogP contribution in [0, 0.1) is 27.7 Å². The van der Waals surface area contributed by atoms with Crippen molar-refractivity contribution >= 4 is 0 Å². The van der Waals surface area contributed by atoms with Crippen molar-refractivity contribution in [3.05, 3.63) is 106 Å². The van der Waals surface area contributed by atoms with E-state index >= 15 is 0 Å². The molecule has 0 heterocycles. The third-order valence-corrected chi connectivity index (χ3v) is 5.12. The minimum atomic E-state index is -1.53. The van der Waals surface area contributed by atoms with Crippen LogP contribution in [0.5, 0.6) is 0 Å². The fourth-order valence-corrected chi connectivity index (χ4v) is 3.61. The van der Waals surface area contributed by atoms with Crippen LogP contribution in [0.1, 0.15) is 45.0 Å². The highest BCUT2D eigenvalue weighted by Gasteiger charge is 2.42. The van der Waals surface area contributed by atoms with E-state index in [1.165, 1.54) is 0 Å². The first-order valence-electron chi connectivity index (χ1n) is 8.95. The number of aliphatic hydroxyl groups is 2. The number of hydrogen-bond acceptors (Lipinski definition) is 2. The molecule has 2 N–H and O–H groups in total. The van der Waals surface area contributed by atoms with Crippen LogP contribution in [0.15, 0.2) is 66.7 Å². The number of hydrogen-bond donors (Lipinski definition) is 2. The first kappa shape index (κ1) is 18.4. The molecule has 26 heavy (non-hydrogen) atoms. The molecule has 0 unspecified atom stereocenters. The van der Waals surface area contributed by atoms with Gasteiger partial charge in [-0.1, -0.05) is 77.9 Å². The van der Waals surface area contributed by atoms with E-state index in [2.05, 4.69) is 0 Å². The molecule has 0 fully saturated rings. The Labute approximate surface area is 155 Å². The Morgan fingerprint density at radius 3 is 1.62 bits per heavy atom. The standard InChI is InChI=1S/C24H26O2/c1-16-10-12-18(3)21(14-16)24(26,22-15-17(2)11-13-19(22)4)23(25)20-8-6-5-7-9-20/h5-15,23,25-26H,1-4H3/t23-/m1/s1. The zero-order valence-electron chi connectivity index (χ0n) is 15.8. The van der Waals surface area contributed by atoms with E-state index < -0.39 is 11.7 Å². The topological polar surface area (TPSA) is 40.5 Å². The zero-order chi connectivity index (χ0) is 18.9. The summed E-state index contributed by atoms with van der Waals surface area (Å²) in [5.74, 6) is 0. The number of aliphatic hydroxyl groups excluding tert-OH is 1. The molecular formula is C24H26O2. The van der Waals surface area contributed by atoms with E-state index in [1.54, 1.807) is 0 Å². The van der Waals surface area contributed by atoms with Gasteiger partial charge in [0.2, 0.25) is 0 Å². The third-order valence-electron chi connectivity index (χ3n) is 5.12. The lowest BCUT2D eigenvalue weighted by Gasteiger charge is -2.37. The van der Waals surface area contributed by atoms with Crippen LogP contribution in [0.25, 0.3) is 0 Å². The Kier molecular flexibility index (Phi) is 4.99. The summed E-state index contributed by atoms with van der Waals surface area (Å²) in [7, 11) is 0. The van der Waals surface area contributed by atoms with Crippen LogP contribution >= 0.6 is 0 Å². The van der Waals surface area contributed by atoms with Crippen molar-refractivity contribution in [2.45, 2.75) is 39.4 Å². The number of rotatable bonds is 4. The van der Waals surface area contributed by atoms with Gasteiger partial charge in [-0.05, 0) is 55.5 Å². The van der Waals surface area contributed by atoms with Crippen molar-refractivity contribution in [1.82, 2.24) is 0 Å². The van der Waals surface area contributed by atoms with Gasteiger partial charge in [0, 0.05) is 0 Å². The Bertz CT molecular complexity index is 861. The van der Waals surface area contributed by atoms with Crippen LogP contribution < -0.4 is 0 Å². The Balaban J connectivity index is 2.32. The summed E-state index contributed by atoms with van der Waals surface area (Å²) >= 11 is 0.